The number of hydrogen-bond donors (Lipinski definition) is 1. The lowest BCUT2D eigenvalue weighted by molar-refractivity contribution is -0.130. The van der Waals surface area contributed by atoms with Crippen LogP contribution in [0.25, 0.3) is 0 Å². The topological polar surface area (TPSA) is 71.0 Å². The van der Waals surface area contributed by atoms with Gasteiger partial charge in [-0.3, -0.25) is 9.36 Å². The maximum atomic E-state index is 12.4. The highest BCUT2D eigenvalue weighted by atomic mass is 32.2. The number of carbonyl (C=O) groups excluding carboxylic acids is 1. The molecule has 24 heavy (non-hydrogen) atoms. The summed E-state index contributed by atoms with van der Waals surface area (Å²) in [7, 11) is 0. The normalized spacial score (nSPS) is 17.9. The minimum atomic E-state index is -0.250. The van der Waals surface area contributed by atoms with Gasteiger partial charge in [-0.05, 0) is 24.3 Å². The summed E-state index contributed by atoms with van der Waals surface area (Å²) < 4.78 is 1.58. The van der Waals surface area contributed by atoms with Gasteiger partial charge in [0.1, 0.15) is 0 Å². The van der Waals surface area contributed by atoms with Crippen LogP contribution in [0.1, 0.15) is 25.3 Å². The average Bonchev–Trinajstić information content (AvgIpc) is 2.94. The van der Waals surface area contributed by atoms with Crippen molar-refractivity contribution < 1.29 is 4.79 Å². The highest BCUT2D eigenvalue weighted by molar-refractivity contribution is 7.99. The number of benzene rings is 1. The molecule has 3 rings (SSSR count). The van der Waals surface area contributed by atoms with Crippen LogP contribution in [0, 0.1) is 5.92 Å². The number of rotatable bonds is 5. The molecule has 6 nitrogen and oxygen atoms in total. The molecule has 0 radical (unpaired) electrons. The van der Waals surface area contributed by atoms with Crippen LogP contribution in [-0.4, -0.2) is 44.4 Å². The van der Waals surface area contributed by atoms with Crippen molar-refractivity contribution in [2.24, 2.45) is 5.92 Å². The van der Waals surface area contributed by atoms with Gasteiger partial charge in [-0.2, -0.15) is 0 Å². The van der Waals surface area contributed by atoms with E-state index in [9.17, 15) is 9.59 Å². The van der Waals surface area contributed by atoms with Crippen LogP contribution in [0.3, 0.4) is 0 Å². The van der Waals surface area contributed by atoms with Crippen molar-refractivity contribution in [3.05, 3.63) is 46.4 Å². The number of likely N-dealkylation sites (tertiary alicyclic amines) is 1. The van der Waals surface area contributed by atoms with E-state index < -0.39 is 0 Å². The number of carbonyl (C=O) groups is 1. The predicted octanol–water partition coefficient (Wildman–Crippen LogP) is 1.97. The Morgan fingerprint density at radius 3 is 2.92 bits per heavy atom. The Labute approximate surface area is 145 Å². The minimum Gasteiger partial charge on any atom is -0.342 e. The zero-order valence-electron chi connectivity index (χ0n) is 13.8. The third-order valence-corrected chi connectivity index (χ3v) is 5.20. The summed E-state index contributed by atoms with van der Waals surface area (Å²) in [6.07, 6.45) is 2.26. The van der Waals surface area contributed by atoms with Crippen molar-refractivity contribution >= 4 is 17.7 Å². The SMILES string of the molecule is C[C@@H]1CCCN(C(=O)CSc2n[nH]c(=O)n2Cc2ccccc2)C1. The van der Waals surface area contributed by atoms with Gasteiger partial charge in [0.25, 0.3) is 0 Å². The fraction of sp³-hybridized carbons (Fsp3) is 0.471. The monoisotopic (exact) mass is 346 g/mol. The number of nitrogens with zero attached hydrogens (tertiary/aromatic N) is 3. The van der Waals surface area contributed by atoms with Gasteiger partial charge in [0.05, 0.1) is 12.3 Å². The third kappa shape index (κ3) is 4.08. The van der Waals surface area contributed by atoms with Crippen LogP contribution in [0.5, 0.6) is 0 Å². The molecular weight excluding hydrogens is 324 g/mol. The van der Waals surface area contributed by atoms with Crippen LogP contribution in [-0.2, 0) is 11.3 Å². The predicted molar refractivity (Wildman–Crippen MR) is 94.1 cm³/mol. The fourth-order valence-corrected chi connectivity index (χ4v) is 3.80. The minimum absolute atomic E-state index is 0.119. The summed E-state index contributed by atoms with van der Waals surface area (Å²) in [4.78, 5) is 26.3. The van der Waals surface area contributed by atoms with Crippen molar-refractivity contribution in [1.82, 2.24) is 19.7 Å². The zero-order valence-corrected chi connectivity index (χ0v) is 14.6. The van der Waals surface area contributed by atoms with Crippen LogP contribution in [0.15, 0.2) is 40.3 Å². The highest BCUT2D eigenvalue weighted by Gasteiger charge is 2.21. The van der Waals surface area contributed by atoms with Gasteiger partial charge in [0.2, 0.25) is 5.91 Å². The number of H-pyrrole nitrogens is 1. The Morgan fingerprint density at radius 2 is 2.17 bits per heavy atom. The first-order valence-corrected chi connectivity index (χ1v) is 9.22. The lowest BCUT2D eigenvalue weighted by atomic mass is 10.0. The standard InChI is InChI=1S/C17H22N4O2S/c1-13-6-5-9-20(10-13)15(22)12-24-17-19-18-16(23)21(17)11-14-7-3-2-4-8-14/h2-4,7-8,13H,5-6,9-12H2,1H3,(H,18,23)/t13-/m1/s1. The van der Waals surface area contributed by atoms with E-state index in [2.05, 4.69) is 17.1 Å². The quantitative estimate of drug-likeness (QED) is 0.840. The number of thioether (sulfide) groups is 1. The molecule has 2 aromatic rings. The van der Waals surface area contributed by atoms with Crippen molar-refractivity contribution in [2.45, 2.75) is 31.5 Å². The second-order valence-corrected chi connectivity index (χ2v) is 7.20. The lowest BCUT2D eigenvalue weighted by Gasteiger charge is -2.30. The third-order valence-electron chi connectivity index (χ3n) is 4.24. The molecule has 1 atom stereocenters. The zero-order chi connectivity index (χ0) is 16.9. The van der Waals surface area contributed by atoms with Gasteiger partial charge in [0.15, 0.2) is 5.16 Å². The van der Waals surface area contributed by atoms with Crippen molar-refractivity contribution in [3.8, 4) is 0 Å². The summed E-state index contributed by atoms with van der Waals surface area (Å²) in [5.41, 5.74) is 0.777. The number of amides is 1. The van der Waals surface area contributed by atoms with Crippen molar-refractivity contribution in [3.63, 3.8) is 0 Å². The maximum Gasteiger partial charge on any atom is 0.344 e. The smallest absolute Gasteiger partial charge is 0.342 e. The van der Waals surface area contributed by atoms with Gasteiger partial charge in [-0.15, -0.1) is 5.10 Å². The molecule has 1 saturated heterocycles. The van der Waals surface area contributed by atoms with E-state index in [1.54, 1.807) is 4.57 Å². The first-order chi connectivity index (χ1) is 11.6. The molecule has 1 aromatic heterocycles. The molecule has 0 spiro atoms. The number of hydrogen-bond acceptors (Lipinski definition) is 4. The van der Waals surface area contributed by atoms with E-state index in [-0.39, 0.29) is 11.6 Å². The van der Waals surface area contributed by atoms with E-state index in [1.165, 1.54) is 18.2 Å². The number of piperidine rings is 1. The average molecular weight is 346 g/mol. The summed E-state index contributed by atoms with van der Waals surface area (Å²) in [6, 6.07) is 9.75. The van der Waals surface area contributed by atoms with Gasteiger partial charge >= 0.3 is 5.69 Å². The molecule has 0 aliphatic carbocycles. The van der Waals surface area contributed by atoms with E-state index in [4.69, 9.17) is 0 Å². The first-order valence-electron chi connectivity index (χ1n) is 8.23. The molecule has 1 amide bonds. The summed E-state index contributed by atoms with van der Waals surface area (Å²) in [5, 5.41) is 7.10. The molecule has 1 aliphatic rings. The van der Waals surface area contributed by atoms with Crippen LogP contribution < -0.4 is 5.69 Å². The van der Waals surface area contributed by atoms with E-state index >= 15 is 0 Å². The van der Waals surface area contributed by atoms with Gasteiger partial charge < -0.3 is 4.90 Å². The molecule has 1 aromatic carbocycles. The Hall–Kier alpha value is -2.02. The number of aromatic nitrogens is 3. The molecule has 128 valence electrons. The lowest BCUT2D eigenvalue weighted by Crippen LogP contribution is -2.40. The second kappa shape index (κ2) is 7.70. The van der Waals surface area contributed by atoms with Gasteiger partial charge in [0, 0.05) is 13.1 Å². The highest BCUT2D eigenvalue weighted by Crippen LogP contribution is 2.19. The molecule has 7 heteroatoms. The maximum absolute atomic E-state index is 12.4. The molecule has 1 fully saturated rings. The molecule has 0 saturated carbocycles. The Morgan fingerprint density at radius 1 is 1.38 bits per heavy atom. The van der Waals surface area contributed by atoms with Crippen LogP contribution in [0.4, 0.5) is 0 Å². The fourth-order valence-electron chi connectivity index (χ4n) is 2.95. The Bertz CT molecular complexity index is 741. The summed E-state index contributed by atoms with van der Waals surface area (Å²) in [6.45, 7) is 4.29. The van der Waals surface area contributed by atoms with Crippen molar-refractivity contribution in [1.29, 1.82) is 0 Å². The number of nitrogens with one attached hydrogen (secondary N) is 1. The molecular formula is C17H22N4O2S. The second-order valence-electron chi connectivity index (χ2n) is 6.26. The van der Waals surface area contributed by atoms with E-state index in [0.717, 1.165) is 25.1 Å². The van der Waals surface area contributed by atoms with Gasteiger partial charge in [-0.25, -0.2) is 9.89 Å². The van der Waals surface area contributed by atoms with Crippen LogP contribution in [0.2, 0.25) is 0 Å². The van der Waals surface area contributed by atoms with E-state index in [1.807, 2.05) is 35.2 Å². The summed E-state index contributed by atoms with van der Waals surface area (Å²) in [5.74, 6) is 0.994. The van der Waals surface area contributed by atoms with E-state index in [0.29, 0.717) is 23.4 Å². The Kier molecular flexibility index (Phi) is 5.40. The summed E-state index contributed by atoms with van der Waals surface area (Å²) >= 11 is 1.32. The largest absolute Gasteiger partial charge is 0.344 e. The molecule has 1 aliphatic heterocycles. The molecule has 0 bridgehead atoms. The molecule has 2 heterocycles. The molecule has 1 N–H and O–H groups in total. The van der Waals surface area contributed by atoms with Crippen molar-refractivity contribution in [2.75, 3.05) is 18.8 Å². The van der Waals surface area contributed by atoms with Gasteiger partial charge in [-0.1, -0.05) is 49.0 Å². The Balaban J connectivity index is 1.63. The van der Waals surface area contributed by atoms with Crippen LogP contribution >= 0.6 is 11.8 Å². The number of aromatic amines is 1. The first kappa shape index (κ1) is 16.8. The molecule has 0 unspecified atom stereocenters.